The summed E-state index contributed by atoms with van der Waals surface area (Å²) in [5.41, 5.74) is 1.16. The highest BCUT2D eigenvalue weighted by atomic mass is 32.1. The van der Waals surface area contributed by atoms with Crippen molar-refractivity contribution < 1.29 is 9.90 Å². The number of hydrogen-bond acceptors (Lipinski definition) is 4. The van der Waals surface area contributed by atoms with E-state index >= 15 is 0 Å². The molecule has 0 aromatic carbocycles. The van der Waals surface area contributed by atoms with Crippen molar-refractivity contribution in [2.45, 2.75) is 25.3 Å². The van der Waals surface area contributed by atoms with E-state index in [-0.39, 0.29) is 12.6 Å². The van der Waals surface area contributed by atoms with Gasteiger partial charge in [0.2, 0.25) is 0 Å². The minimum absolute atomic E-state index is 0.0512. The molecule has 0 atom stereocenters. The normalized spacial score (nSPS) is 14.2. The van der Waals surface area contributed by atoms with Gasteiger partial charge in [-0.15, -0.1) is 17.9 Å². The fourth-order valence-corrected chi connectivity index (χ4v) is 2.60. The standard InChI is InChI=1S/C13H19N3O2S/c1-2-5-16(6-7-17)13(18)14-8-12-15-11(9-19-12)10-3-4-10/h2,9-10,17H,1,3-8H2,(H,14,18). The van der Waals surface area contributed by atoms with Crippen LogP contribution in [0.2, 0.25) is 0 Å². The number of aliphatic hydroxyl groups is 1. The number of amides is 2. The average molecular weight is 281 g/mol. The first-order valence-electron chi connectivity index (χ1n) is 6.43. The Morgan fingerprint density at radius 1 is 1.68 bits per heavy atom. The smallest absolute Gasteiger partial charge is 0.318 e. The molecule has 0 aliphatic heterocycles. The van der Waals surface area contributed by atoms with E-state index in [0.29, 0.717) is 25.6 Å². The first kappa shape index (κ1) is 14.0. The Morgan fingerprint density at radius 2 is 2.47 bits per heavy atom. The summed E-state index contributed by atoms with van der Waals surface area (Å²) < 4.78 is 0. The van der Waals surface area contributed by atoms with Crippen LogP contribution in [0.5, 0.6) is 0 Å². The Bertz CT molecular complexity index is 443. The van der Waals surface area contributed by atoms with E-state index in [1.807, 2.05) is 0 Å². The highest BCUT2D eigenvalue weighted by Crippen LogP contribution is 2.40. The van der Waals surface area contributed by atoms with E-state index in [0.717, 1.165) is 10.7 Å². The van der Waals surface area contributed by atoms with Gasteiger partial charge in [-0.2, -0.15) is 0 Å². The highest BCUT2D eigenvalue weighted by molar-refractivity contribution is 7.09. The van der Waals surface area contributed by atoms with Crippen molar-refractivity contribution in [1.82, 2.24) is 15.2 Å². The molecule has 5 nitrogen and oxygen atoms in total. The van der Waals surface area contributed by atoms with Gasteiger partial charge in [-0.05, 0) is 12.8 Å². The van der Waals surface area contributed by atoms with Gasteiger partial charge in [0, 0.05) is 24.4 Å². The van der Waals surface area contributed by atoms with Gasteiger partial charge in [0.05, 0.1) is 18.8 Å². The van der Waals surface area contributed by atoms with Crippen LogP contribution in [0, 0.1) is 0 Å². The van der Waals surface area contributed by atoms with Crippen LogP contribution in [0.1, 0.15) is 29.5 Å². The van der Waals surface area contributed by atoms with Crippen molar-refractivity contribution in [3.05, 3.63) is 28.7 Å². The Balaban J connectivity index is 1.81. The maximum atomic E-state index is 11.9. The van der Waals surface area contributed by atoms with Gasteiger partial charge >= 0.3 is 6.03 Å². The molecule has 2 N–H and O–H groups in total. The molecule has 2 amide bonds. The number of nitrogens with one attached hydrogen (secondary N) is 1. The molecule has 0 saturated heterocycles. The fraction of sp³-hybridized carbons (Fsp3) is 0.538. The topological polar surface area (TPSA) is 65.5 Å². The summed E-state index contributed by atoms with van der Waals surface area (Å²) in [5, 5.41) is 14.7. The number of carbonyl (C=O) groups excluding carboxylic acids is 1. The fourth-order valence-electron chi connectivity index (χ4n) is 1.79. The molecule has 1 fully saturated rings. The molecule has 0 bridgehead atoms. The number of nitrogens with zero attached hydrogens (tertiary/aromatic N) is 2. The van der Waals surface area contributed by atoms with Gasteiger partial charge < -0.3 is 15.3 Å². The number of thiazole rings is 1. The van der Waals surface area contributed by atoms with Gasteiger partial charge in [0.25, 0.3) is 0 Å². The molecule has 1 aromatic rings. The zero-order chi connectivity index (χ0) is 13.7. The Kier molecular flexibility index (Phi) is 4.93. The number of carbonyl (C=O) groups is 1. The first-order chi connectivity index (χ1) is 9.24. The lowest BCUT2D eigenvalue weighted by Crippen LogP contribution is -2.41. The van der Waals surface area contributed by atoms with Crippen LogP contribution in [0.4, 0.5) is 4.79 Å². The molecule has 1 saturated carbocycles. The lowest BCUT2D eigenvalue weighted by atomic mass is 10.3. The van der Waals surface area contributed by atoms with Crippen LogP contribution in [0.15, 0.2) is 18.0 Å². The quantitative estimate of drug-likeness (QED) is 0.748. The van der Waals surface area contributed by atoms with Crippen molar-refractivity contribution in [1.29, 1.82) is 0 Å². The maximum Gasteiger partial charge on any atom is 0.318 e. The second-order valence-corrected chi connectivity index (χ2v) is 5.50. The van der Waals surface area contributed by atoms with Gasteiger partial charge in [-0.1, -0.05) is 6.08 Å². The largest absolute Gasteiger partial charge is 0.395 e. The predicted molar refractivity (Wildman–Crippen MR) is 75.2 cm³/mol. The third-order valence-corrected chi connectivity index (χ3v) is 3.83. The number of aliphatic hydroxyl groups excluding tert-OH is 1. The van der Waals surface area contributed by atoms with Crippen molar-refractivity contribution in [3.8, 4) is 0 Å². The van der Waals surface area contributed by atoms with Crippen LogP contribution in [-0.2, 0) is 6.54 Å². The summed E-state index contributed by atoms with van der Waals surface area (Å²) >= 11 is 1.58. The zero-order valence-corrected chi connectivity index (χ0v) is 11.7. The number of rotatable bonds is 7. The molecular weight excluding hydrogens is 262 g/mol. The highest BCUT2D eigenvalue weighted by Gasteiger charge is 2.26. The summed E-state index contributed by atoms with van der Waals surface area (Å²) in [5.74, 6) is 0.646. The van der Waals surface area contributed by atoms with Gasteiger partial charge in [-0.25, -0.2) is 9.78 Å². The third kappa shape index (κ3) is 4.04. The maximum absolute atomic E-state index is 11.9. The third-order valence-electron chi connectivity index (χ3n) is 2.96. The first-order valence-corrected chi connectivity index (χ1v) is 7.31. The van der Waals surface area contributed by atoms with Gasteiger partial charge in [0.15, 0.2) is 0 Å². The molecule has 6 heteroatoms. The molecule has 19 heavy (non-hydrogen) atoms. The average Bonchev–Trinajstić information content (AvgIpc) is 3.15. The van der Waals surface area contributed by atoms with Crippen LogP contribution in [0.25, 0.3) is 0 Å². The van der Waals surface area contributed by atoms with E-state index in [1.54, 1.807) is 17.4 Å². The van der Waals surface area contributed by atoms with Gasteiger partial charge in [-0.3, -0.25) is 0 Å². The molecule has 104 valence electrons. The Labute approximate surface area is 117 Å². The number of aromatic nitrogens is 1. The summed E-state index contributed by atoms with van der Waals surface area (Å²) in [7, 11) is 0. The molecule has 1 aliphatic carbocycles. The molecule has 0 unspecified atom stereocenters. The molecular formula is C13H19N3O2S. The lowest BCUT2D eigenvalue weighted by molar-refractivity contribution is 0.183. The summed E-state index contributed by atoms with van der Waals surface area (Å²) in [6, 6.07) is -0.197. The van der Waals surface area contributed by atoms with E-state index in [9.17, 15) is 4.79 Å². The minimum Gasteiger partial charge on any atom is -0.395 e. The molecule has 0 spiro atoms. The molecule has 1 aliphatic rings. The summed E-state index contributed by atoms with van der Waals surface area (Å²) in [6.07, 6.45) is 4.11. The Hall–Kier alpha value is -1.40. The summed E-state index contributed by atoms with van der Waals surface area (Å²) in [4.78, 5) is 17.9. The van der Waals surface area contributed by atoms with E-state index in [2.05, 4.69) is 22.3 Å². The van der Waals surface area contributed by atoms with Crippen molar-refractivity contribution in [2.24, 2.45) is 0 Å². The van der Waals surface area contributed by atoms with E-state index in [4.69, 9.17) is 5.11 Å². The van der Waals surface area contributed by atoms with Crippen molar-refractivity contribution in [2.75, 3.05) is 19.7 Å². The molecule has 1 heterocycles. The SMILES string of the molecule is C=CCN(CCO)C(=O)NCc1nc(C2CC2)cs1. The van der Waals surface area contributed by atoms with Crippen LogP contribution in [-0.4, -0.2) is 40.7 Å². The second kappa shape index (κ2) is 6.68. The van der Waals surface area contributed by atoms with E-state index in [1.165, 1.54) is 17.7 Å². The zero-order valence-electron chi connectivity index (χ0n) is 10.8. The number of urea groups is 1. The molecule has 2 rings (SSSR count). The van der Waals surface area contributed by atoms with E-state index < -0.39 is 0 Å². The monoisotopic (exact) mass is 281 g/mol. The number of hydrogen-bond donors (Lipinski definition) is 2. The lowest BCUT2D eigenvalue weighted by Gasteiger charge is -2.20. The van der Waals surface area contributed by atoms with Crippen LogP contribution in [0.3, 0.4) is 0 Å². The molecule has 0 radical (unpaired) electrons. The predicted octanol–water partition coefficient (Wildman–Crippen LogP) is 1.71. The minimum atomic E-state index is -0.197. The Morgan fingerprint density at radius 3 is 3.11 bits per heavy atom. The van der Waals surface area contributed by atoms with Crippen molar-refractivity contribution in [3.63, 3.8) is 0 Å². The summed E-state index contributed by atoms with van der Waals surface area (Å²) in [6.45, 7) is 4.72. The van der Waals surface area contributed by atoms with Crippen LogP contribution >= 0.6 is 11.3 Å². The van der Waals surface area contributed by atoms with Crippen LogP contribution < -0.4 is 5.32 Å². The molecule has 1 aromatic heterocycles. The second-order valence-electron chi connectivity index (χ2n) is 4.56. The van der Waals surface area contributed by atoms with Crippen molar-refractivity contribution >= 4 is 17.4 Å². The van der Waals surface area contributed by atoms with Gasteiger partial charge in [0.1, 0.15) is 5.01 Å².